The topological polar surface area (TPSA) is 78.1 Å². The molecule has 4 aromatic rings. The normalized spacial score (nSPS) is 11.1. The standard InChI is InChI=1S/C20H13F2N3O3/c21-20(22)28-16-4-1-12(2-5-16)18(26)9-15-8-14-7-13(19-10-23-11-27-19)3-6-17(14)25-24-15/h1-8,10-11,20H,9H2. The number of ketones is 1. The summed E-state index contributed by atoms with van der Waals surface area (Å²) in [7, 11) is 0. The first-order valence-corrected chi connectivity index (χ1v) is 8.32. The lowest BCUT2D eigenvalue weighted by molar-refractivity contribution is -0.0498. The van der Waals surface area contributed by atoms with Gasteiger partial charge in [-0.15, -0.1) is 0 Å². The van der Waals surface area contributed by atoms with Gasteiger partial charge in [-0.05, 0) is 48.5 Å². The van der Waals surface area contributed by atoms with Crippen molar-refractivity contribution in [1.82, 2.24) is 15.2 Å². The van der Waals surface area contributed by atoms with Gasteiger partial charge < -0.3 is 9.15 Å². The highest BCUT2D eigenvalue weighted by atomic mass is 19.3. The third-order valence-electron chi connectivity index (χ3n) is 4.10. The number of rotatable bonds is 6. The second-order valence-electron chi connectivity index (χ2n) is 5.98. The molecule has 4 rings (SSSR count). The molecule has 2 heterocycles. The molecular weight excluding hydrogens is 368 g/mol. The third-order valence-corrected chi connectivity index (χ3v) is 4.10. The fourth-order valence-electron chi connectivity index (χ4n) is 2.77. The molecule has 6 nitrogen and oxygen atoms in total. The maximum absolute atomic E-state index is 12.5. The fraction of sp³-hybridized carbons (Fsp3) is 0.100. The monoisotopic (exact) mass is 381 g/mol. The van der Waals surface area contributed by atoms with Crippen LogP contribution in [0.4, 0.5) is 8.78 Å². The van der Waals surface area contributed by atoms with Crippen LogP contribution in [-0.2, 0) is 6.42 Å². The molecule has 0 N–H and O–H groups in total. The highest BCUT2D eigenvalue weighted by Crippen LogP contribution is 2.23. The Bertz CT molecular complexity index is 1110. The minimum Gasteiger partial charge on any atom is -0.444 e. The molecule has 0 unspecified atom stereocenters. The van der Waals surface area contributed by atoms with Crippen molar-refractivity contribution in [3.05, 3.63) is 72.4 Å². The van der Waals surface area contributed by atoms with Gasteiger partial charge in [0.15, 0.2) is 17.9 Å². The van der Waals surface area contributed by atoms with Gasteiger partial charge in [-0.2, -0.15) is 19.0 Å². The number of carbonyl (C=O) groups excluding carboxylic acids is 1. The summed E-state index contributed by atoms with van der Waals surface area (Å²) in [5.74, 6) is 0.420. The summed E-state index contributed by atoms with van der Waals surface area (Å²) in [6.45, 7) is -2.91. The van der Waals surface area contributed by atoms with E-state index in [2.05, 4.69) is 19.9 Å². The van der Waals surface area contributed by atoms with E-state index in [1.807, 2.05) is 18.2 Å². The summed E-state index contributed by atoms with van der Waals surface area (Å²) in [6, 6.07) is 12.9. The first kappa shape index (κ1) is 17.7. The summed E-state index contributed by atoms with van der Waals surface area (Å²) in [5, 5.41) is 9.05. The number of alkyl halides is 2. The lowest BCUT2D eigenvalue weighted by Crippen LogP contribution is -2.07. The first-order chi connectivity index (χ1) is 13.6. The van der Waals surface area contributed by atoms with Gasteiger partial charge in [0.1, 0.15) is 5.75 Å². The molecule has 2 aromatic heterocycles. The molecule has 0 aliphatic heterocycles. The van der Waals surface area contributed by atoms with Crippen molar-refractivity contribution in [3.8, 4) is 17.1 Å². The van der Waals surface area contributed by atoms with Crippen LogP contribution in [0, 0.1) is 0 Å². The number of fused-ring (bicyclic) bond motifs is 1. The fourth-order valence-corrected chi connectivity index (χ4v) is 2.77. The van der Waals surface area contributed by atoms with E-state index in [0.29, 0.717) is 22.5 Å². The predicted octanol–water partition coefficient (Wildman–Crippen LogP) is 4.31. The van der Waals surface area contributed by atoms with Crippen LogP contribution in [0.2, 0.25) is 0 Å². The zero-order valence-corrected chi connectivity index (χ0v) is 14.4. The molecule has 140 valence electrons. The number of benzene rings is 2. The second-order valence-corrected chi connectivity index (χ2v) is 5.98. The summed E-state index contributed by atoms with van der Waals surface area (Å²) in [4.78, 5) is 16.4. The Balaban J connectivity index is 1.54. The van der Waals surface area contributed by atoms with Crippen molar-refractivity contribution < 1.29 is 22.7 Å². The van der Waals surface area contributed by atoms with Gasteiger partial charge >= 0.3 is 6.61 Å². The van der Waals surface area contributed by atoms with E-state index < -0.39 is 6.61 Å². The Morgan fingerprint density at radius 1 is 1.07 bits per heavy atom. The molecule has 28 heavy (non-hydrogen) atoms. The van der Waals surface area contributed by atoms with Crippen LogP contribution >= 0.6 is 0 Å². The van der Waals surface area contributed by atoms with Crippen molar-refractivity contribution in [1.29, 1.82) is 0 Å². The molecule has 0 amide bonds. The van der Waals surface area contributed by atoms with Crippen LogP contribution in [-0.4, -0.2) is 27.6 Å². The van der Waals surface area contributed by atoms with Gasteiger partial charge in [0.05, 0.1) is 23.8 Å². The molecular formula is C20H13F2N3O3. The molecule has 0 radical (unpaired) electrons. The second kappa shape index (κ2) is 7.51. The Kier molecular flexibility index (Phi) is 4.76. The maximum atomic E-state index is 12.5. The number of hydrogen-bond donors (Lipinski definition) is 0. The average molecular weight is 381 g/mol. The summed E-state index contributed by atoms with van der Waals surface area (Å²) in [5.41, 5.74) is 2.40. The number of halogens is 2. The van der Waals surface area contributed by atoms with Crippen LogP contribution < -0.4 is 4.74 Å². The summed E-state index contributed by atoms with van der Waals surface area (Å²) in [6.07, 6.45) is 3.00. The number of aromatic nitrogens is 3. The van der Waals surface area contributed by atoms with Crippen LogP contribution in [0.1, 0.15) is 16.1 Å². The van der Waals surface area contributed by atoms with Gasteiger partial charge in [0.25, 0.3) is 0 Å². The number of nitrogens with zero attached hydrogens (tertiary/aromatic N) is 3. The molecule has 8 heteroatoms. The van der Waals surface area contributed by atoms with Gasteiger partial charge in [-0.1, -0.05) is 0 Å². The highest BCUT2D eigenvalue weighted by Gasteiger charge is 2.12. The van der Waals surface area contributed by atoms with Crippen LogP contribution in [0.5, 0.6) is 5.75 Å². The van der Waals surface area contributed by atoms with E-state index in [1.54, 1.807) is 12.3 Å². The minimum atomic E-state index is -2.91. The van der Waals surface area contributed by atoms with Gasteiger partial charge in [0, 0.05) is 16.5 Å². The van der Waals surface area contributed by atoms with Crippen molar-refractivity contribution in [2.75, 3.05) is 0 Å². The Morgan fingerprint density at radius 3 is 2.61 bits per heavy atom. The molecule has 0 aliphatic rings. The number of Topliss-reactive ketones (excluding diaryl/α,β-unsaturated/α-hetero) is 1. The lowest BCUT2D eigenvalue weighted by Gasteiger charge is -2.06. The quantitative estimate of drug-likeness (QED) is 0.463. The van der Waals surface area contributed by atoms with E-state index in [1.165, 1.54) is 30.7 Å². The molecule has 0 aliphatic carbocycles. The maximum Gasteiger partial charge on any atom is 0.387 e. The molecule has 0 bridgehead atoms. The van der Waals surface area contributed by atoms with E-state index in [9.17, 15) is 13.6 Å². The van der Waals surface area contributed by atoms with Crippen molar-refractivity contribution in [2.24, 2.45) is 0 Å². The van der Waals surface area contributed by atoms with Crippen LogP contribution in [0.3, 0.4) is 0 Å². The highest BCUT2D eigenvalue weighted by molar-refractivity contribution is 5.97. The SMILES string of the molecule is O=C(Cc1cc2cc(-c3cnco3)ccc2nn1)c1ccc(OC(F)F)cc1. The molecule has 0 saturated carbocycles. The van der Waals surface area contributed by atoms with Crippen molar-refractivity contribution in [2.45, 2.75) is 13.0 Å². The Labute approximate surface area is 157 Å². The number of ether oxygens (including phenoxy) is 1. The predicted molar refractivity (Wildman–Crippen MR) is 96.1 cm³/mol. The third kappa shape index (κ3) is 3.85. The van der Waals surface area contributed by atoms with E-state index in [0.717, 1.165) is 10.9 Å². The van der Waals surface area contributed by atoms with E-state index in [4.69, 9.17) is 4.42 Å². The summed E-state index contributed by atoms with van der Waals surface area (Å²) < 4.78 is 34.0. The number of oxazole rings is 1. The molecule has 0 atom stereocenters. The number of carbonyl (C=O) groups is 1. The Hall–Kier alpha value is -3.68. The zero-order valence-electron chi connectivity index (χ0n) is 14.4. The Morgan fingerprint density at radius 2 is 1.89 bits per heavy atom. The molecule has 0 fully saturated rings. The summed E-state index contributed by atoms with van der Waals surface area (Å²) >= 11 is 0. The van der Waals surface area contributed by atoms with Crippen molar-refractivity contribution in [3.63, 3.8) is 0 Å². The van der Waals surface area contributed by atoms with Crippen LogP contribution in [0.25, 0.3) is 22.2 Å². The van der Waals surface area contributed by atoms with E-state index in [-0.39, 0.29) is 18.0 Å². The van der Waals surface area contributed by atoms with Gasteiger partial charge in [0.2, 0.25) is 0 Å². The van der Waals surface area contributed by atoms with Crippen molar-refractivity contribution >= 4 is 16.7 Å². The minimum absolute atomic E-state index is 0.00279. The molecule has 0 spiro atoms. The van der Waals surface area contributed by atoms with Gasteiger partial charge in [-0.3, -0.25) is 4.79 Å². The van der Waals surface area contributed by atoms with E-state index >= 15 is 0 Å². The largest absolute Gasteiger partial charge is 0.444 e. The average Bonchev–Trinajstić information content (AvgIpc) is 3.22. The lowest BCUT2D eigenvalue weighted by atomic mass is 10.0. The molecule has 2 aromatic carbocycles. The van der Waals surface area contributed by atoms with Crippen LogP contribution in [0.15, 0.2) is 65.5 Å². The molecule has 0 saturated heterocycles. The van der Waals surface area contributed by atoms with Gasteiger partial charge in [-0.25, -0.2) is 4.98 Å². The smallest absolute Gasteiger partial charge is 0.387 e. The first-order valence-electron chi connectivity index (χ1n) is 8.32. The number of hydrogen-bond acceptors (Lipinski definition) is 6. The zero-order chi connectivity index (χ0) is 19.5.